The van der Waals surface area contributed by atoms with E-state index in [1.54, 1.807) is 0 Å². The lowest BCUT2D eigenvalue weighted by Gasteiger charge is -2.32. The van der Waals surface area contributed by atoms with Crippen molar-refractivity contribution in [3.8, 4) is 0 Å². The van der Waals surface area contributed by atoms with E-state index in [1.165, 1.54) is 32.7 Å². The van der Waals surface area contributed by atoms with Gasteiger partial charge in [0.25, 0.3) is 0 Å². The summed E-state index contributed by atoms with van der Waals surface area (Å²) >= 11 is 0. The van der Waals surface area contributed by atoms with Crippen LogP contribution in [-0.2, 0) is 22.3 Å². The van der Waals surface area contributed by atoms with E-state index >= 15 is 0 Å². The number of nitrogens with one attached hydrogen (secondary N) is 3. The third-order valence-electron chi connectivity index (χ3n) is 5.51. The number of sulfonamides is 1. The zero-order chi connectivity index (χ0) is 20.6. The van der Waals surface area contributed by atoms with Crippen LogP contribution in [0.15, 0.2) is 29.3 Å². The monoisotopic (exact) mass is 536 g/mol. The summed E-state index contributed by atoms with van der Waals surface area (Å²) in [5.74, 6) is 2.48. The molecule has 1 saturated carbocycles. The molecule has 8 heteroatoms. The van der Waals surface area contributed by atoms with Crippen LogP contribution >= 0.6 is 24.0 Å². The Labute approximate surface area is 193 Å². The van der Waals surface area contributed by atoms with Gasteiger partial charge in [-0.25, -0.2) is 18.1 Å². The number of halogens is 1. The second kappa shape index (κ2) is 12.7. The van der Waals surface area contributed by atoms with E-state index in [1.807, 2.05) is 24.3 Å². The Kier molecular flexibility index (Phi) is 11.5. The quantitative estimate of drug-likeness (QED) is 0.269. The second-order valence-corrected chi connectivity index (χ2v) is 9.90. The molecule has 0 heterocycles. The highest BCUT2D eigenvalue weighted by Gasteiger charge is 2.23. The number of nitrogens with zero attached hydrogens (tertiary/aromatic N) is 1. The Morgan fingerprint density at radius 3 is 2.21 bits per heavy atom. The molecule has 1 aromatic carbocycles. The Morgan fingerprint density at radius 2 is 1.69 bits per heavy atom. The van der Waals surface area contributed by atoms with Gasteiger partial charge < -0.3 is 10.6 Å². The smallest absolute Gasteiger partial charge is 0.215 e. The summed E-state index contributed by atoms with van der Waals surface area (Å²) in [5, 5.41) is 6.92. The summed E-state index contributed by atoms with van der Waals surface area (Å²) in [5.41, 5.74) is 1.83. The van der Waals surface area contributed by atoms with Crippen molar-refractivity contribution in [2.24, 2.45) is 16.8 Å². The summed E-state index contributed by atoms with van der Waals surface area (Å²) < 4.78 is 25.6. The van der Waals surface area contributed by atoms with Gasteiger partial charge in [-0.2, -0.15) is 0 Å². The van der Waals surface area contributed by atoms with Crippen LogP contribution in [0.25, 0.3) is 0 Å². The van der Waals surface area contributed by atoms with Gasteiger partial charge in [-0.1, -0.05) is 38.1 Å². The number of guanidine groups is 1. The van der Waals surface area contributed by atoms with Crippen molar-refractivity contribution >= 4 is 40.0 Å². The molecular weight excluding hydrogens is 499 g/mol. The van der Waals surface area contributed by atoms with Crippen molar-refractivity contribution in [1.82, 2.24) is 15.4 Å². The number of hydrogen-bond donors (Lipinski definition) is 3. The molecule has 0 unspecified atom stereocenters. The van der Waals surface area contributed by atoms with Crippen molar-refractivity contribution in [1.29, 1.82) is 0 Å². The molecule has 0 radical (unpaired) electrons. The summed E-state index contributed by atoms with van der Waals surface area (Å²) in [7, 11) is -1.81. The molecule has 0 saturated heterocycles. The van der Waals surface area contributed by atoms with Crippen LogP contribution in [-0.4, -0.2) is 34.0 Å². The Morgan fingerprint density at radius 1 is 1.10 bits per heavy atom. The van der Waals surface area contributed by atoms with Crippen LogP contribution in [0.5, 0.6) is 0 Å². The molecule has 1 aliphatic rings. The fraction of sp³-hybridized carbons (Fsp3) is 0.667. The molecule has 0 amide bonds. The van der Waals surface area contributed by atoms with Crippen LogP contribution in [0.3, 0.4) is 0 Å². The summed E-state index contributed by atoms with van der Waals surface area (Å²) in [6.45, 7) is 8.11. The average molecular weight is 537 g/mol. The van der Waals surface area contributed by atoms with E-state index in [2.05, 4.69) is 36.1 Å². The molecule has 3 N–H and O–H groups in total. The second-order valence-electron chi connectivity index (χ2n) is 7.97. The number of rotatable bonds is 8. The molecule has 0 spiro atoms. The number of aliphatic imine (C=N–C) groups is 1. The van der Waals surface area contributed by atoms with Crippen LogP contribution in [0.2, 0.25) is 0 Å². The molecule has 2 rings (SSSR count). The van der Waals surface area contributed by atoms with Gasteiger partial charge in [0.05, 0.1) is 12.3 Å². The third-order valence-corrected chi connectivity index (χ3v) is 6.85. The van der Waals surface area contributed by atoms with Gasteiger partial charge in [0.15, 0.2) is 5.96 Å². The van der Waals surface area contributed by atoms with Crippen LogP contribution in [0, 0.1) is 11.8 Å². The lowest BCUT2D eigenvalue weighted by atomic mass is 9.80. The fourth-order valence-electron chi connectivity index (χ4n) is 3.65. The minimum absolute atomic E-state index is 0. The molecule has 6 nitrogen and oxygen atoms in total. The van der Waals surface area contributed by atoms with Gasteiger partial charge in [-0.05, 0) is 62.6 Å². The van der Waals surface area contributed by atoms with Gasteiger partial charge >= 0.3 is 0 Å². The Balaban J connectivity index is 0.00000420. The highest BCUT2D eigenvalue weighted by atomic mass is 127. The van der Waals surface area contributed by atoms with Crippen molar-refractivity contribution in [2.75, 3.05) is 13.6 Å². The highest BCUT2D eigenvalue weighted by Crippen LogP contribution is 2.29. The van der Waals surface area contributed by atoms with Crippen LogP contribution in [0.1, 0.15) is 57.6 Å². The van der Waals surface area contributed by atoms with Gasteiger partial charge in [-0.3, -0.25) is 0 Å². The van der Waals surface area contributed by atoms with E-state index in [0.717, 1.165) is 35.5 Å². The molecule has 29 heavy (non-hydrogen) atoms. The summed E-state index contributed by atoms with van der Waals surface area (Å²) in [4.78, 5) is 4.72. The van der Waals surface area contributed by atoms with Gasteiger partial charge in [0, 0.05) is 12.6 Å². The van der Waals surface area contributed by atoms with Gasteiger partial charge in [0.1, 0.15) is 0 Å². The van der Waals surface area contributed by atoms with Gasteiger partial charge in [-0.15, -0.1) is 24.0 Å². The highest BCUT2D eigenvalue weighted by molar-refractivity contribution is 14.0. The normalized spacial score (nSPS) is 20.2. The largest absolute Gasteiger partial charge is 0.357 e. The van der Waals surface area contributed by atoms with Crippen molar-refractivity contribution in [2.45, 2.75) is 64.8 Å². The maximum Gasteiger partial charge on any atom is 0.215 e. The van der Waals surface area contributed by atoms with Crippen molar-refractivity contribution < 1.29 is 8.42 Å². The first kappa shape index (κ1) is 26.2. The average Bonchev–Trinajstić information content (AvgIpc) is 2.67. The molecule has 0 atom stereocenters. The first-order valence-corrected chi connectivity index (χ1v) is 12.0. The minimum Gasteiger partial charge on any atom is -0.357 e. The molecule has 166 valence electrons. The summed E-state index contributed by atoms with van der Waals surface area (Å²) in [6, 6.07) is 8.09. The zero-order valence-electron chi connectivity index (χ0n) is 18.1. The van der Waals surface area contributed by atoms with E-state index < -0.39 is 10.0 Å². The molecule has 1 aromatic rings. The first-order valence-electron chi connectivity index (χ1n) is 10.4. The van der Waals surface area contributed by atoms with E-state index in [-0.39, 0.29) is 29.7 Å². The maximum absolute atomic E-state index is 11.6. The molecule has 0 bridgehead atoms. The molecular formula is C21H37IN4O2S. The van der Waals surface area contributed by atoms with Gasteiger partial charge in [0.2, 0.25) is 10.0 Å². The molecule has 0 aromatic heterocycles. The van der Waals surface area contributed by atoms with Crippen LogP contribution in [0.4, 0.5) is 0 Å². The lowest BCUT2D eigenvalue weighted by molar-refractivity contribution is 0.250. The van der Waals surface area contributed by atoms with E-state index in [0.29, 0.717) is 12.6 Å². The third kappa shape index (κ3) is 9.21. The van der Waals surface area contributed by atoms with Crippen molar-refractivity contribution in [3.63, 3.8) is 0 Å². The topological polar surface area (TPSA) is 82.6 Å². The number of hydrogen-bond acceptors (Lipinski definition) is 3. The number of benzene rings is 1. The van der Waals surface area contributed by atoms with E-state index in [4.69, 9.17) is 4.99 Å². The lowest BCUT2D eigenvalue weighted by Crippen LogP contribution is -2.45. The Hall–Kier alpha value is -0.870. The maximum atomic E-state index is 11.6. The van der Waals surface area contributed by atoms with Crippen molar-refractivity contribution in [3.05, 3.63) is 35.4 Å². The predicted octanol–water partition coefficient (Wildman–Crippen LogP) is 3.62. The predicted molar refractivity (Wildman–Crippen MR) is 132 cm³/mol. The van der Waals surface area contributed by atoms with E-state index in [9.17, 15) is 8.42 Å². The van der Waals surface area contributed by atoms with Crippen LogP contribution < -0.4 is 15.4 Å². The SMILES string of the molecule is CCNC(=NCc1ccc(CS(=O)(=O)NC)cc1)NC1CCC(C(C)C)CC1.I. The summed E-state index contributed by atoms with van der Waals surface area (Å²) in [6.07, 6.45) is 4.96. The fourth-order valence-corrected chi connectivity index (χ4v) is 4.42. The molecule has 1 aliphatic carbocycles. The molecule has 1 fully saturated rings. The Bertz CT molecular complexity index is 728. The zero-order valence-corrected chi connectivity index (χ0v) is 21.2. The molecule has 0 aliphatic heterocycles. The standard InChI is InChI=1S/C21H36N4O2S.HI/c1-5-23-21(25-20-12-10-19(11-13-20)16(2)3)24-14-17-6-8-18(9-7-17)15-28(26,27)22-4;/h6-9,16,19-20,22H,5,10-15H2,1-4H3,(H2,23,24,25);1H. The minimum atomic E-state index is -3.24. The first-order chi connectivity index (χ1) is 13.3.